The molecule has 39 heavy (non-hydrogen) atoms. The van der Waals surface area contributed by atoms with E-state index in [-0.39, 0.29) is 36.7 Å². The van der Waals surface area contributed by atoms with Gasteiger partial charge in [0.2, 0.25) is 5.78 Å². The lowest BCUT2D eigenvalue weighted by atomic mass is 9.89. The van der Waals surface area contributed by atoms with Crippen LogP contribution in [0, 0.1) is 0 Å². The van der Waals surface area contributed by atoms with E-state index in [1.165, 1.54) is 17.6 Å². The van der Waals surface area contributed by atoms with Crippen molar-refractivity contribution in [3.05, 3.63) is 76.6 Å². The highest BCUT2D eigenvalue weighted by atomic mass is 35.5. The number of carbonyl (C=O) groups is 3. The van der Waals surface area contributed by atoms with Crippen molar-refractivity contribution >= 4 is 35.6 Å². The van der Waals surface area contributed by atoms with Crippen LogP contribution in [0.25, 0.3) is 5.52 Å². The fourth-order valence-electron chi connectivity index (χ4n) is 5.24. The summed E-state index contributed by atoms with van der Waals surface area (Å²) in [5, 5.41) is 3.40. The number of piperidine rings is 1. The number of fused-ring (bicyclic) bond motifs is 1. The first-order valence-electron chi connectivity index (χ1n) is 13.7. The number of nitrogens with one attached hydrogen (secondary N) is 1. The van der Waals surface area contributed by atoms with Crippen LogP contribution in [0.4, 0.5) is 0 Å². The molecule has 3 aromatic rings. The molecular formula is C31H40ClN3O4. The number of ether oxygens (including phenoxy) is 1. The van der Waals surface area contributed by atoms with Crippen LogP contribution in [-0.4, -0.2) is 59.7 Å². The average molecular weight is 554 g/mol. The molecule has 3 heterocycles. The van der Waals surface area contributed by atoms with Gasteiger partial charge in [0.1, 0.15) is 6.54 Å². The van der Waals surface area contributed by atoms with Gasteiger partial charge in [0.05, 0.1) is 12.8 Å². The Morgan fingerprint density at radius 3 is 2.36 bits per heavy atom. The van der Waals surface area contributed by atoms with Gasteiger partial charge in [-0.25, -0.2) is 0 Å². The van der Waals surface area contributed by atoms with Crippen molar-refractivity contribution in [1.82, 2.24) is 14.6 Å². The van der Waals surface area contributed by atoms with Crippen LogP contribution in [-0.2, 0) is 16.0 Å². The van der Waals surface area contributed by atoms with Crippen molar-refractivity contribution in [2.24, 2.45) is 0 Å². The molecule has 1 saturated heterocycles. The number of unbranched alkanes of at least 4 members (excludes halogenated alkanes) is 1. The number of rotatable bonds is 10. The number of aryl methyl sites for hydroxylation is 1. The number of amides is 1. The van der Waals surface area contributed by atoms with Gasteiger partial charge in [0.15, 0.2) is 0 Å². The molecule has 1 aromatic carbocycles. The topological polar surface area (TPSA) is 80.1 Å². The lowest BCUT2D eigenvalue weighted by Crippen LogP contribution is -2.41. The number of methoxy groups -OCH3 is 1. The number of benzene rings is 1. The second-order valence-electron chi connectivity index (χ2n) is 10.4. The zero-order valence-corrected chi connectivity index (χ0v) is 24.2. The normalized spacial score (nSPS) is 13.8. The van der Waals surface area contributed by atoms with E-state index in [2.05, 4.69) is 24.4 Å². The number of nitrogens with zero attached hydrogens (tertiary/aromatic N) is 2. The number of hydrogen-bond donors (Lipinski definition) is 1. The second kappa shape index (κ2) is 13.8. The van der Waals surface area contributed by atoms with Gasteiger partial charge in [0.25, 0.3) is 5.91 Å². The van der Waals surface area contributed by atoms with E-state index >= 15 is 0 Å². The minimum Gasteiger partial charge on any atom is -0.468 e. The maximum atomic E-state index is 13.8. The van der Waals surface area contributed by atoms with Gasteiger partial charge < -0.3 is 19.4 Å². The summed E-state index contributed by atoms with van der Waals surface area (Å²) in [6, 6.07) is 13.5. The van der Waals surface area contributed by atoms with Crippen LogP contribution in [0.15, 0.2) is 48.7 Å². The third-order valence-electron chi connectivity index (χ3n) is 7.51. The molecule has 4 rings (SSSR count). The predicted octanol–water partition coefficient (Wildman–Crippen LogP) is 5.43. The van der Waals surface area contributed by atoms with Crippen LogP contribution >= 0.6 is 12.4 Å². The summed E-state index contributed by atoms with van der Waals surface area (Å²) >= 11 is 0. The zero-order valence-electron chi connectivity index (χ0n) is 23.4. The first-order valence-corrected chi connectivity index (χ1v) is 13.7. The smallest absolute Gasteiger partial charge is 0.325 e. The van der Waals surface area contributed by atoms with Crippen molar-refractivity contribution in [1.29, 1.82) is 0 Å². The average Bonchev–Trinajstić information content (AvgIpc) is 3.31. The summed E-state index contributed by atoms with van der Waals surface area (Å²) in [6.45, 7) is 7.82. The fraction of sp³-hybridized carbons (Fsp3) is 0.452. The van der Waals surface area contributed by atoms with E-state index in [4.69, 9.17) is 4.74 Å². The molecule has 1 fully saturated rings. The molecule has 7 nitrogen and oxygen atoms in total. The number of carbonyl (C=O) groups excluding carboxylic acids is 3. The Kier molecular flexibility index (Phi) is 10.7. The molecule has 0 bridgehead atoms. The summed E-state index contributed by atoms with van der Waals surface area (Å²) in [7, 11) is 1.31. The minimum absolute atomic E-state index is 0. The lowest BCUT2D eigenvalue weighted by molar-refractivity contribution is -0.141. The van der Waals surface area contributed by atoms with Gasteiger partial charge in [-0.2, -0.15) is 0 Å². The third-order valence-corrected chi connectivity index (χ3v) is 7.51. The Bertz CT molecular complexity index is 1290. The van der Waals surface area contributed by atoms with E-state index < -0.39 is 5.97 Å². The van der Waals surface area contributed by atoms with Gasteiger partial charge >= 0.3 is 5.97 Å². The van der Waals surface area contributed by atoms with E-state index in [0.717, 1.165) is 56.3 Å². The molecule has 0 spiro atoms. The Morgan fingerprint density at radius 1 is 1.05 bits per heavy atom. The largest absolute Gasteiger partial charge is 0.468 e. The van der Waals surface area contributed by atoms with Crippen LogP contribution in [0.2, 0.25) is 0 Å². The van der Waals surface area contributed by atoms with E-state index in [0.29, 0.717) is 22.7 Å². The highest BCUT2D eigenvalue weighted by Gasteiger charge is 2.24. The van der Waals surface area contributed by atoms with Crippen LogP contribution in [0.5, 0.6) is 0 Å². The first-order chi connectivity index (χ1) is 18.3. The maximum absolute atomic E-state index is 13.8. The van der Waals surface area contributed by atoms with Crippen molar-refractivity contribution in [3.63, 3.8) is 0 Å². The van der Waals surface area contributed by atoms with Gasteiger partial charge in [0, 0.05) is 28.9 Å². The van der Waals surface area contributed by atoms with Crippen LogP contribution < -0.4 is 5.32 Å². The molecule has 0 unspecified atom stereocenters. The van der Waals surface area contributed by atoms with Gasteiger partial charge in [-0.3, -0.25) is 14.4 Å². The third kappa shape index (κ3) is 6.89. The molecule has 210 valence electrons. The summed E-state index contributed by atoms with van der Waals surface area (Å²) in [5.41, 5.74) is 4.86. The molecule has 1 aliphatic rings. The Balaban J connectivity index is 0.00000420. The first kappa shape index (κ1) is 30.4. The molecule has 1 aliphatic heterocycles. The Morgan fingerprint density at radius 2 is 1.74 bits per heavy atom. The molecule has 0 aliphatic carbocycles. The second-order valence-corrected chi connectivity index (χ2v) is 10.4. The molecule has 0 saturated carbocycles. The number of hydrogen-bond acceptors (Lipinski definition) is 5. The zero-order chi connectivity index (χ0) is 27.2. The SMILES string of the molecule is CCCCc1cc2cc(C(=O)N(CC(=O)OC)C(C)C)ccn2c1C(=O)c1ccc(C2CCNCC2)cc1.Cl. The van der Waals surface area contributed by atoms with E-state index in [1.807, 2.05) is 36.4 Å². The highest BCUT2D eigenvalue weighted by molar-refractivity contribution is 6.10. The van der Waals surface area contributed by atoms with Gasteiger partial charge in [-0.1, -0.05) is 37.6 Å². The number of esters is 1. The predicted molar refractivity (Wildman–Crippen MR) is 156 cm³/mol. The molecule has 0 radical (unpaired) electrons. The van der Waals surface area contributed by atoms with Gasteiger partial charge in [-0.15, -0.1) is 12.4 Å². The Hall–Kier alpha value is -3.16. The van der Waals surface area contributed by atoms with Gasteiger partial charge in [-0.05, 0) is 87.9 Å². The molecule has 2 aromatic heterocycles. The number of pyridine rings is 1. The maximum Gasteiger partial charge on any atom is 0.325 e. The van der Waals surface area contributed by atoms with Crippen molar-refractivity contribution in [3.8, 4) is 0 Å². The standard InChI is InChI=1S/C31H39N3O4.ClH/c1-5-6-7-25-18-27-19-26(31(37)34(21(2)3)20-28(35)38-4)14-17-33(27)29(25)30(36)24-10-8-22(9-11-24)23-12-15-32-16-13-23;/h8-11,14,17-19,21,23,32H,5-7,12-13,15-16,20H2,1-4H3;1H. The fourth-order valence-corrected chi connectivity index (χ4v) is 5.24. The molecular weight excluding hydrogens is 514 g/mol. The van der Waals surface area contributed by atoms with Crippen molar-refractivity contribution < 1.29 is 19.1 Å². The van der Waals surface area contributed by atoms with Crippen molar-refractivity contribution in [2.75, 3.05) is 26.7 Å². The summed E-state index contributed by atoms with van der Waals surface area (Å²) in [4.78, 5) is 40.5. The molecule has 1 N–H and O–H groups in total. The number of halogens is 1. The molecule has 0 atom stereocenters. The van der Waals surface area contributed by atoms with Crippen molar-refractivity contribution in [2.45, 2.75) is 64.8 Å². The summed E-state index contributed by atoms with van der Waals surface area (Å²) in [6.07, 6.45) is 6.81. The minimum atomic E-state index is -0.461. The number of ketones is 1. The van der Waals surface area contributed by atoms with Crippen LogP contribution in [0.3, 0.4) is 0 Å². The molecule has 1 amide bonds. The van der Waals surface area contributed by atoms with E-state index in [9.17, 15) is 14.4 Å². The monoisotopic (exact) mass is 553 g/mol. The van der Waals surface area contributed by atoms with E-state index in [1.54, 1.807) is 18.3 Å². The lowest BCUT2D eigenvalue weighted by Gasteiger charge is -2.25. The number of aromatic nitrogens is 1. The Labute approximate surface area is 237 Å². The summed E-state index contributed by atoms with van der Waals surface area (Å²) < 4.78 is 6.67. The summed E-state index contributed by atoms with van der Waals surface area (Å²) in [5.74, 6) is -0.181. The highest BCUT2D eigenvalue weighted by Crippen LogP contribution is 2.27. The molecule has 8 heteroatoms. The van der Waals surface area contributed by atoms with Crippen LogP contribution in [0.1, 0.15) is 89.9 Å². The quantitative estimate of drug-likeness (QED) is 0.268.